The lowest BCUT2D eigenvalue weighted by Gasteiger charge is -2.10. The van der Waals surface area contributed by atoms with Crippen LogP contribution in [0, 0.1) is 12.8 Å². The summed E-state index contributed by atoms with van der Waals surface area (Å²) in [5.41, 5.74) is 2.91. The second-order valence-electron chi connectivity index (χ2n) is 8.28. The average molecular weight is 480 g/mol. The first-order valence-electron chi connectivity index (χ1n) is 10.9. The Morgan fingerprint density at radius 1 is 1.12 bits per heavy atom. The molecule has 0 atom stereocenters. The third-order valence-electron chi connectivity index (χ3n) is 5.05. The Labute approximate surface area is 200 Å². The standard InChI is InChI=1S/C26H29N3O4S/c1-18(2)17-33-21-7-11-23(12-8-21)34(31,32)22-9-5-20(6-10-22)16-28-26(30)25-15-19(3)24(29-25)13-14-27-4/h5-15,18,29H,4,16-17H2,1-3H3,(H,28,30)/b14-13-. The third-order valence-corrected chi connectivity index (χ3v) is 6.84. The first-order chi connectivity index (χ1) is 16.2. The monoisotopic (exact) mass is 479 g/mol. The predicted molar refractivity (Wildman–Crippen MR) is 134 cm³/mol. The largest absolute Gasteiger partial charge is 0.493 e. The molecule has 0 spiro atoms. The van der Waals surface area contributed by atoms with Crippen LogP contribution in [0.4, 0.5) is 0 Å². The molecular formula is C26H29N3O4S. The van der Waals surface area contributed by atoms with E-state index in [2.05, 4.69) is 22.0 Å². The number of hydrogen-bond donors (Lipinski definition) is 2. The molecule has 3 aromatic rings. The van der Waals surface area contributed by atoms with Crippen molar-refractivity contribution in [3.8, 4) is 5.75 Å². The summed E-state index contributed by atoms with van der Waals surface area (Å²) in [6, 6.07) is 14.7. The van der Waals surface area contributed by atoms with Gasteiger partial charge in [0, 0.05) is 18.4 Å². The number of aromatic nitrogens is 1. The number of ether oxygens (including phenoxy) is 1. The van der Waals surface area contributed by atoms with E-state index >= 15 is 0 Å². The Hall–Kier alpha value is -3.65. The molecule has 0 aliphatic rings. The average Bonchev–Trinajstić information content (AvgIpc) is 3.20. The van der Waals surface area contributed by atoms with E-state index in [-0.39, 0.29) is 22.2 Å². The molecule has 0 aliphatic carbocycles. The van der Waals surface area contributed by atoms with Gasteiger partial charge >= 0.3 is 0 Å². The molecule has 0 saturated carbocycles. The summed E-state index contributed by atoms with van der Waals surface area (Å²) in [5, 5.41) is 2.83. The van der Waals surface area contributed by atoms with Crippen LogP contribution < -0.4 is 10.1 Å². The smallest absolute Gasteiger partial charge is 0.267 e. The molecule has 0 unspecified atom stereocenters. The van der Waals surface area contributed by atoms with Crippen LogP contribution in [0.25, 0.3) is 6.08 Å². The molecule has 8 heteroatoms. The number of carbonyl (C=O) groups excluding carboxylic acids is 1. The number of H-pyrrole nitrogens is 1. The molecule has 1 heterocycles. The van der Waals surface area contributed by atoms with Gasteiger partial charge in [0.25, 0.3) is 5.91 Å². The van der Waals surface area contributed by atoms with Crippen LogP contribution in [0.3, 0.4) is 0 Å². The summed E-state index contributed by atoms with van der Waals surface area (Å²) in [6.07, 6.45) is 3.29. The minimum atomic E-state index is -3.65. The molecule has 1 aromatic heterocycles. The Morgan fingerprint density at radius 3 is 2.32 bits per heavy atom. The highest BCUT2D eigenvalue weighted by atomic mass is 32.2. The Kier molecular flexibility index (Phi) is 8.07. The number of benzene rings is 2. The van der Waals surface area contributed by atoms with E-state index in [0.29, 0.717) is 24.0 Å². The molecule has 0 fully saturated rings. The van der Waals surface area contributed by atoms with Gasteiger partial charge in [-0.3, -0.25) is 9.79 Å². The fraction of sp³-hybridized carbons (Fsp3) is 0.231. The zero-order valence-electron chi connectivity index (χ0n) is 19.5. The van der Waals surface area contributed by atoms with Crippen molar-refractivity contribution in [2.75, 3.05) is 6.61 Å². The van der Waals surface area contributed by atoms with Crippen LogP contribution in [0.15, 0.2) is 75.6 Å². The lowest BCUT2D eigenvalue weighted by molar-refractivity contribution is 0.0946. The van der Waals surface area contributed by atoms with Crippen molar-refractivity contribution in [1.82, 2.24) is 10.3 Å². The summed E-state index contributed by atoms with van der Waals surface area (Å²) in [5.74, 6) is 0.760. The highest BCUT2D eigenvalue weighted by Gasteiger charge is 2.18. The van der Waals surface area contributed by atoms with E-state index in [4.69, 9.17) is 4.74 Å². The topological polar surface area (TPSA) is 101 Å². The molecular weight excluding hydrogens is 450 g/mol. The molecule has 1 amide bonds. The maximum absolute atomic E-state index is 13.0. The maximum Gasteiger partial charge on any atom is 0.267 e. The number of aliphatic imine (C=N–C) groups is 1. The minimum Gasteiger partial charge on any atom is -0.493 e. The van der Waals surface area contributed by atoms with Gasteiger partial charge in [-0.1, -0.05) is 26.0 Å². The van der Waals surface area contributed by atoms with Gasteiger partial charge in [-0.05, 0) is 79.2 Å². The molecule has 34 heavy (non-hydrogen) atoms. The third kappa shape index (κ3) is 6.23. The van der Waals surface area contributed by atoms with E-state index in [9.17, 15) is 13.2 Å². The van der Waals surface area contributed by atoms with Crippen molar-refractivity contribution in [2.24, 2.45) is 10.9 Å². The van der Waals surface area contributed by atoms with Crippen molar-refractivity contribution < 1.29 is 17.9 Å². The SMILES string of the molecule is C=N/C=C\c1[nH]c(C(=O)NCc2ccc(S(=O)(=O)c3ccc(OCC(C)C)cc3)cc2)cc1C. The quantitative estimate of drug-likeness (QED) is 0.408. The van der Waals surface area contributed by atoms with Crippen LogP contribution >= 0.6 is 0 Å². The summed E-state index contributed by atoms with van der Waals surface area (Å²) in [4.78, 5) is 19.6. The molecule has 0 bridgehead atoms. The molecule has 2 N–H and O–H groups in total. The van der Waals surface area contributed by atoms with Gasteiger partial charge in [0.1, 0.15) is 11.4 Å². The summed E-state index contributed by atoms with van der Waals surface area (Å²) < 4.78 is 31.5. The number of carbonyl (C=O) groups is 1. The van der Waals surface area contributed by atoms with Crippen molar-refractivity contribution in [3.05, 3.63) is 83.3 Å². The first kappa shape index (κ1) is 25.0. The first-order valence-corrected chi connectivity index (χ1v) is 12.4. The number of rotatable bonds is 10. The number of nitrogens with zero attached hydrogens (tertiary/aromatic N) is 1. The minimum absolute atomic E-state index is 0.186. The predicted octanol–water partition coefficient (Wildman–Crippen LogP) is 4.79. The normalized spacial score (nSPS) is 11.6. The Morgan fingerprint density at radius 2 is 1.74 bits per heavy atom. The molecule has 0 aliphatic heterocycles. The number of hydrogen-bond acceptors (Lipinski definition) is 5. The highest BCUT2D eigenvalue weighted by molar-refractivity contribution is 7.91. The molecule has 3 rings (SSSR count). The second kappa shape index (κ2) is 11.0. The number of aryl methyl sites for hydroxylation is 1. The zero-order chi connectivity index (χ0) is 24.7. The van der Waals surface area contributed by atoms with E-state index in [0.717, 1.165) is 16.8 Å². The number of amides is 1. The number of nitrogens with one attached hydrogen (secondary N) is 2. The fourth-order valence-corrected chi connectivity index (χ4v) is 4.44. The van der Waals surface area contributed by atoms with Crippen LogP contribution in [-0.4, -0.2) is 32.6 Å². The van der Waals surface area contributed by atoms with Gasteiger partial charge in [0.05, 0.1) is 16.4 Å². The van der Waals surface area contributed by atoms with Crippen LogP contribution in [0.1, 0.15) is 41.2 Å². The molecule has 7 nitrogen and oxygen atoms in total. The van der Waals surface area contributed by atoms with Crippen molar-refractivity contribution in [2.45, 2.75) is 37.1 Å². The lowest BCUT2D eigenvalue weighted by Crippen LogP contribution is -2.23. The number of aromatic amines is 1. The van der Waals surface area contributed by atoms with E-state index in [1.54, 1.807) is 66.9 Å². The van der Waals surface area contributed by atoms with Crippen LogP contribution in [0.2, 0.25) is 0 Å². The van der Waals surface area contributed by atoms with E-state index < -0.39 is 9.84 Å². The van der Waals surface area contributed by atoms with Gasteiger partial charge in [0.15, 0.2) is 0 Å². The summed E-state index contributed by atoms with van der Waals surface area (Å²) in [6.45, 7) is 10.2. The van der Waals surface area contributed by atoms with Gasteiger partial charge in [-0.25, -0.2) is 8.42 Å². The summed E-state index contributed by atoms with van der Waals surface area (Å²) >= 11 is 0. The highest BCUT2D eigenvalue weighted by Crippen LogP contribution is 2.24. The lowest BCUT2D eigenvalue weighted by atomic mass is 10.2. The zero-order valence-corrected chi connectivity index (χ0v) is 20.4. The van der Waals surface area contributed by atoms with E-state index in [1.807, 2.05) is 20.8 Å². The van der Waals surface area contributed by atoms with E-state index in [1.165, 1.54) is 0 Å². The maximum atomic E-state index is 13.0. The molecule has 0 radical (unpaired) electrons. The molecule has 0 saturated heterocycles. The summed E-state index contributed by atoms with van der Waals surface area (Å²) in [7, 11) is -3.65. The van der Waals surface area contributed by atoms with Crippen molar-refractivity contribution in [3.63, 3.8) is 0 Å². The van der Waals surface area contributed by atoms with Crippen LogP contribution in [-0.2, 0) is 16.4 Å². The van der Waals surface area contributed by atoms with Gasteiger partial charge < -0.3 is 15.0 Å². The Balaban J connectivity index is 1.63. The van der Waals surface area contributed by atoms with Crippen molar-refractivity contribution >= 4 is 28.5 Å². The Bertz CT molecular complexity index is 1270. The molecule has 2 aromatic carbocycles. The van der Waals surface area contributed by atoms with Crippen LogP contribution in [0.5, 0.6) is 5.75 Å². The van der Waals surface area contributed by atoms with Crippen molar-refractivity contribution in [1.29, 1.82) is 0 Å². The number of sulfone groups is 1. The van der Waals surface area contributed by atoms with Gasteiger partial charge in [-0.15, -0.1) is 0 Å². The molecule has 178 valence electrons. The van der Waals surface area contributed by atoms with Gasteiger partial charge in [0.2, 0.25) is 9.84 Å². The second-order valence-corrected chi connectivity index (χ2v) is 10.2. The van der Waals surface area contributed by atoms with Gasteiger partial charge in [-0.2, -0.15) is 0 Å². The fourth-order valence-electron chi connectivity index (χ4n) is 3.17.